The van der Waals surface area contributed by atoms with Gasteiger partial charge in [0.25, 0.3) is 0 Å². The predicted octanol–water partition coefficient (Wildman–Crippen LogP) is 3.99. The number of para-hydroxylation sites is 1. The van der Waals surface area contributed by atoms with Gasteiger partial charge in [-0.2, -0.15) is 5.10 Å². The van der Waals surface area contributed by atoms with Crippen LogP contribution in [-0.4, -0.2) is 34.2 Å². The minimum atomic E-state index is -0.0286. The summed E-state index contributed by atoms with van der Waals surface area (Å²) < 4.78 is 1.86. The molecule has 0 saturated heterocycles. The van der Waals surface area contributed by atoms with Crippen molar-refractivity contribution in [2.75, 3.05) is 18.9 Å². The lowest BCUT2D eigenvalue weighted by molar-refractivity contribution is -0.116. The van der Waals surface area contributed by atoms with Gasteiger partial charge in [-0.05, 0) is 37.4 Å². The first-order valence-electron chi connectivity index (χ1n) is 8.43. The lowest BCUT2D eigenvalue weighted by Crippen LogP contribution is -2.23. The second-order valence-corrected chi connectivity index (χ2v) is 6.61. The quantitative estimate of drug-likeness (QED) is 0.686. The lowest BCUT2D eigenvalue weighted by Gasteiger charge is -2.15. The van der Waals surface area contributed by atoms with Gasteiger partial charge in [-0.3, -0.25) is 4.79 Å². The molecular weight excluding hydrogens is 348 g/mol. The highest BCUT2D eigenvalue weighted by Crippen LogP contribution is 2.15. The highest BCUT2D eigenvalue weighted by atomic mass is 35.5. The number of amides is 1. The highest BCUT2D eigenvalue weighted by molar-refractivity contribution is 6.30. The van der Waals surface area contributed by atoms with Crippen molar-refractivity contribution in [1.82, 2.24) is 14.7 Å². The third-order valence-electron chi connectivity index (χ3n) is 3.94. The van der Waals surface area contributed by atoms with Crippen LogP contribution in [0, 0.1) is 0 Å². The van der Waals surface area contributed by atoms with Crippen LogP contribution in [0.15, 0.2) is 67.0 Å². The van der Waals surface area contributed by atoms with Crippen LogP contribution in [0.25, 0.3) is 5.69 Å². The van der Waals surface area contributed by atoms with Crippen molar-refractivity contribution in [3.8, 4) is 5.69 Å². The fraction of sp³-hybridized carbons (Fsp3) is 0.200. The number of hydrogen-bond acceptors (Lipinski definition) is 3. The van der Waals surface area contributed by atoms with Gasteiger partial charge >= 0.3 is 0 Å². The van der Waals surface area contributed by atoms with E-state index in [0.717, 1.165) is 17.8 Å². The summed E-state index contributed by atoms with van der Waals surface area (Å²) in [6, 6.07) is 17.1. The summed E-state index contributed by atoms with van der Waals surface area (Å²) in [5.41, 5.74) is 2.85. The van der Waals surface area contributed by atoms with Crippen molar-refractivity contribution >= 4 is 23.2 Å². The molecule has 6 heteroatoms. The van der Waals surface area contributed by atoms with E-state index >= 15 is 0 Å². The molecule has 0 spiro atoms. The topological polar surface area (TPSA) is 50.2 Å². The van der Waals surface area contributed by atoms with Gasteiger partial charge in [-0.25, -0.2) is 4.68 Å². The molecule has 0 fully saturated rings. The summed E-state index contributed by atoms with van der Waals surface area (Å²) in [7, 11) is 1.99. The number of nitrogens with zero attached hydrogens (tertiary/aromatic N) is 3. The summed E-state index contributed by atoms with van der Waals surface area (Å²) in [6.07, 6.45) is 4.28. The summed E-state index contributed by atoms with van der Waals surface area (Å²) in [6.45, 7) is 1.39. The third-order valence-corrected chi connectivity index (χ3v) is 4.17. The second-order valence-electron chi connectivity index (χ2n) is 6.18. The fourth-order valence-electron chi connectivity index (χ4n) is 2.64. The fourth-order valence-corrected chi connectivity index (χ4v) is 2.83. The van der Waals surface area contributed by atoms with Gasteiger partial charge < -0.3 is 10.2 Å². The van der Waals surface area contributed by atoms with Crippen molar-refractivity contribution in [3.63, 3.8) is 0 Å². The molecular formula is C20H21ClN4O. The zero-order valence-corrected chi connectivity index (χ0v) is 15.4. The Balaban J connectivity index is 1.47. The molecule has 0 radical (unpaired) electrons. The third kappa shape index (κ3) is 5.18. The molecule has 1 aromatic heterocycles. The zero-order valence-electron chi connectivity index (χ0n) is 14.6. The number of anilines is 1. The Hall–Kier alpha value is -2.63. The van der Waals surface area contributed by atoms with Crippen LogP contribution in [0.1, 0.15) is 12.0 Å². The predicted molar refractivity (Wildman–Crippen MR) is 105 cm³/mol. The van der Waals surface area contributed by atoms with Crippen molar-refractivity contribution in [2.24, 2.45) is 0 Å². The first-order valence-corrected chi connectivity index (χ1v) is 8.81. The number of halogens is 1. The number of benzene rings is 2. The molecule has 5 nitrogen and oxygen atoms in total. The van der Waals surface area contributed by atoms with Gasteiger partial charge in [0.1, 0.15) is 0 Å². The average Bonchev–Trinajstić information content (AvgIpc) is 3.09. The van der Waals surface area contributed by atoms with Crippen molar-refractivity contribution in [3.05, 3.63) is 77.6 Å². The molecule has 1 heterocycles. The second kappa shape index (κ2) is 8.65. The summed E-state index contributed by atoms with van der Waals surface area (Å²) in [5.74, 6) is -0.0286. The maximum absolute atomic E-state index is 12.1. The standard InChI is InChI=1S/C20H21ClN4O/c1-24(11-10-20(26)23-18-7-5-6-17(21)12-18)14-16-13-22-25(15-16)19-8-3-2-4-9-19/h2-9,12-13,15H,10-11,14H2,1H3,(H,23,26). The van der Waals surface area contributed by atoms with Crippen molar-refractivity contribution < 1.29 is 4.79 Å². The molecule has 2 aromatic carbocycles. The molecule has 3 rings (SSSR count). The molecule has 0 aliphatic rings. The molecule has 0 saturated carbocycles. The monoisotopic (exact) mass is 368 g/mol. The minimum absolute atomic E-state index is 0.0286. The molecule has 0 unspecified atom stereocenters. The first-order chi connectivity index (χ1) is 12.6. The highest BCUT2D eigenvalue weighted by Gasteiger charge is 2.08. The molecule has 0 aliphatic carbocycles. The Labute approximate surface area is 158 Å². The number of aromatic nitrogens is 2. The molecule has 134 valence electrons. The van der Waals surface area contributed by atoms with Crippen LogP contribution >= 0.6 is 11.6 Å². The SMILES string of the molecule is CN(CCC(=O)Nc1cccc(Cl)c1)Cc1cnn(-c2ccccc2)c1. The van der Waals surface area contributed by atoms with Crippen molar-refractivity contribution in [2.45, 2.75) is 13.0 Å². The summed E-state index contributed by atoms with van der Waals surface area (Å²) in [5, 5.41) is 7.86. The van der Waals surface area contributed by atoms with Gasteiger partial charge in [0, 0.05) is 42.0 Å². The van der Waals surface area contributed by atoms with Crippen molar-refractivity contribution in [1.29, 1.82) is 0 Å². The number of rotatable bonds is 7. The molecule has 0 atom stereocenters. The Morgan fingerprint density at radius 2 is 2.00 bits per heavy atom. The number of carbonyl (C=O) groups is 1. The zero-order chi connectivity index (χ0) is 18.4. The first kappa shape index (κ1) is 18.2. The maximum Gasteiger partial charge on any atom is 0.225 e. The Bertz CT molecular complexity index is 863. The van der Waals surface area contributed by atoms with E-state index in [1.54, 1.807) is 12.1 Å². The van der Waals surface area contributed by atoms with E-state index in [-0.39, 0.29) is 5.91 Å². The van der Waals surface area contributed by atoms with Crippen LogP contribution in [0.4, 0.5) is 5.69 Å². The van der Waals surface area contributed by atoms with E-state index in [4.69, 9.17) is 11.6 Å². The van der Waals surface area contributed by atoms with Gasteiger partial charge in [-0.1, -0.05) is 35.9 Å². The number of hydrogen-bond donors (Lipinski definition) is 1. The summed E-state index contributed by atoms with van der Waals surface area (Å²) >= 11 is 5.92. The molecule has 26 heavy (non-hydrogen) atoms. The Kier molecular flexibility index (Phi) is 6.04. The van der Waals surface area contributed by atoms with Crippen LogP contribution < -0.4 is 5.32 Å². The van der Waals surface area contributed by atoms with E-state index in [0.29, 0.717) is 23.7 Å². The minimum Gasteiger partial charge on any atom is -0.326 e. The number of nitrogens with one attached hydrogen (secondary N) is 1. The van der Waals surface area contributed by atoms with E-state index < -0.39 is 0 Å². The average molecular weight is 369 g/mol. The van der Waals surface area contributed by atoms with E-state index in [9.17, 15) is 4.79 Å². The van der Waals surface area contributed by atoms with E-state index in [2.05, 4.69) is 15.3 Å². The lowest BCUT2D eigenvalue weighted by atomic mass is 10.3. The normalized spacial score (nSPS) is 10.9. The molecule has 1 N–H and O–H groups in total. The van der Waals surface area contributed by atoms with Gasteiger partial charge in [0.2, 0.25) is 5.91 Å². The largest absolute Gasteiger partial charge is 0.326 e. The van der Waals surface area contributed by atoms with Crippen LogP contribution in [0.3, 0.4) is 0 Å². The van der Waals surface area contributed by atoms with Crippen LogP contribution in [-0.2, 0) is 11.3 Å². The van der Waals surface area contributed by atoms with Gasteiger partial charge in [-0.15, -0.1) is 0 Å². The Morgan fingerprint density at radius 1 is 1.19 bits per heavy atom. The maximum atomic E-state index is 12.1. The van der Waals surface area contributed by atoms with Crippen LogP contribution in [0.2, 0.25) is 5.02 Å². The van der Waals surface area contributed by atoms with Crippen LogP contribution in [0.5, 0.6) is 0 Å². The Morgan fingerprint density at radius 3 is 2.77 bits per heavy atom. The van der Waals surface area contributed by atoms with E-state index in [1.165, 1.54) is 0 Å². The van der Waals surface area contributed by atoms with Gasteiger partial charge in [0.05, 0.1) is 11.9 Å². The van der Waals surface area contributed by atoms with E-state index in [1.807, 2.05) is 66.6 Å². The molecule has 0 aliphatic heterocycles. The molecule has 0 bridgehead atoms. The summed E-state index contributed by atoms with van der Waals surface area (Å²) in [4.78, 5) is 14.2. The molecule has 1 amide bonds. The molecule has 3 aromatic rings. The smallest absolute Gasteiger partial charge is 0.225 e. The number of carbonyl (C=O) groups excluding carboxylic acids is 1. The van der Waals surface area contributed by atoms with Gasteiger partial charge in [0.15, 0.2) is 0 Å².